The van der Waals surface area contributed by atoms with E-state index in [4.69, 9.17) is 87.4 Å². The van der Waals surface area contributed by atoms with Gasteiger partial charge >= 0.3 is 115 Å². The zero-order valence-corrected chi connectivity index (χ0v) is 87.5. The summed E-state index contributed by atoms with van der Waals surface area (Å²) in [6, 6.07) is 77.6. The first kappa shape index (κ1) is 135. The van der Waals surface area contributed by atoms with E-state index in [2.05, 4.69) is 37.8 Å². The van der Waals surface area contributed by atoms with Crippen molar-refractivity contribution in [3.63, 3.8) is 0 Å². The van der Waals surface area contributed by atoms with E-state index in [1.165, 1.54) is 24.3 Å². The number of hydrogen-bond donors (Lipinski definition) is 4. The predicted octanol–water partition coefficient (Wildman–Crippen LogP) is 21.0. The largest absolute Gasteiger partial charge is 1.00 e. The van der Waals surface area contributed by atoms with Crippen LogP contribution in [0.25, 0.3) is 39.0 Å². The third-order valence-electron chi connectivity index (χ3n) is 18.5. The van der Waals surface area contributed by atoms with Crippen molar-refractivity contribution in [1.82, 2.24) is 0 Å². The molecular formula is C115H128ClF3K2O26. The van der Waals surface area contributed by atoms with Gasteiger partial charge in [-0.1, -0.05) is 220 Å². The number of carbonyl (C=O) groups is 8. The van der Waals surface area contributed by atoms with Crippen LogP contribution in [0.5, 0.6) is 51.7 Å². The fourth-order valence-corrected chi connectivity index (χ4v) is 12.1. The van der Waals surface area contributed by atoms with Crippen LogP contribution in [0.2, 0.25) is 0 Å². The summed E-state index contributed by atoms with van der Waals surface area (Å²) in [5.41, 5.74) is 10.3. The van der Waals surface area contributed by atoms with Gasteiger partial charge < -0.3 is 87.9 Å². The fourth-order valence-electron chi connectivity index (χ4n) is 12.1. The summed E-state index contributed by atoms with van der Waals surface area (Å²) < 4.78 is 102. The second-order valence-electron chi connectivity index (χ2n) is 29.0. The van der Waals surface area contributed by atoms with Crippen LogP contribution in [0, 0.1) is 20.8 Å². The van der Waals surface area contributed by atoms with Crippen LogP contribution in [-0.2, 0) is 84.2 Å². The third-order valence-corrected chi connectivity index (χ3v) is 18.8. The third kappa shape index (κ3) is 50.8. The van der Waals surface area contributed by atoms with E-state index in [1.54, 1.807) is 80.6 Å². The Morgan fingerprint density at radius 1 is 0.435 bits per heavy atom. The van der Waals surface area contributed by atoms with Gasteiger partial charge in [-0.25, -0.2) is 18.0 Å². The molecule has 0 unspecified atom stereocenters. The summed E-state index contributed by atoms with van der Waals surface area (Å²) in [4.78, 5) is 85.8. The molecule has 0 amide bonds. The Morgan fingerprint density at radius 2 is 0.810 bits per heavy atom. The minimum absolute atomic E-state index is 0. The van der Waals surface area contributed by atoms with Crippen LogP contribution in [0.4, 0.5) is 13.2 Å². The Hall–Kier alpha value is -13.6. The number of alkyl halides is 1. The molecule has 32 heteroatoms. The number of aromatic hydroxyl groups is 3. The van der Waals surface area contributed by atoms with E-state index in [0.29, 0.717) is 134 Å². The Morgan fingerprint density at radius 3 is 1.20 bits per heavy atom. The number of phenolic OH excluding ortho intramolecular Hbond substituents is 3. The van der Waals surface area contributed by atoms with Gasteiger partial charge in [-0.3, -0.25) is 33.6 Å². The summed E-state index contributed by atoms with van der Waals surface area (Å²) in [7, 11) is 0. The van der Waals surface area contributed by atoms with E-state index in [-0.39, 0.29) is 225 Å². The summed E-state index contributed by atoms with van der Waals surface area (Å²) >= 11 is 4.86. The van der Waals surface area contributed by atoms with Crippen molar-refractivity contribution in [1.29, 1.82) is 0 Å². The number of halogens is 4. The Kier molecular flexibility index (Phi) is 71.6. The molecule has 0 fully saturated rings. The molecule has 0 spiro atoms. The minimum atomic E-state index is -0.613. The molecule has 0 saturated carbocycles. The van der Waals surface area contributed by atoms with Crippen LogP contribution in [0.3, 0.4) is 0 Å². The Labute approximate surface area is 949 Å². The molecule has 14 rings (SSSR count). The normalized spacial score (nSPS) is 9.52. The van der Waals surface area contributed by atoms with E-state index in [1.807, 2.05) is 210 Å². The summed E-state index contributed by atoms with van der Waals surface area (Å²) in [5.74, 6) is 3.59. The SMILES string of the molecule is C.C.C.C.C=C(F)CCl.C=C(F)COc1cc(OCc2ccccc2)ccc1C=O.C=C(F)Cc1c(OCc2ccccc2)ccc(C=O)c1O.C=CC(=C)OCC.CCOC(=O)/C=C/c1ccc(OCc2ccccc2)c2cc(C)oc12.CCOC(=O)CCc1ccc(O)c2cc(C)oc12.Cc1cc2c(OCc3ccccc3)ccc(C=O)c2o1.O=CO.O=CO[O-].O=Cc1ccc(OCc2ccccc2)cc1O.[H-].[HH].[K+].[K+]. The number of rotatable bonds is 36. The van der Waals surface area contributed by atoms with Crippen molar-refractivity contribution in [2.75, 3.05) is 32.3 Å². The van der Waals surface area contributed by atoms with Crippen molar-refractivity contribution in [3.8, 4) is 51.7 Å². The monoisotopic (exact) mass is 2090 g/mol. The van der Waals surface area contributed by atoms with Crippen molar-refractivity contribution in [2.24, 2.45) is 0 Å². The average molecular weight is 2100 g/mol. The molecule has 774 valence electrons. The maximum atomic E-state index is 13.1. The van der Waals surface area contributed by atoms with Gasteiger partial charge in [-0.2, -0.15) is 0 Å². The van der Waals surface area contributed by atoms with Crippen molar-refractivity contribution < 1.29 is 244 Å². The molecule has 26 nitrogen and oxygen atoms in total. The van der Waals surface area contributed by atoms with Gasteiger partial charge in [0.25, 0.3) is 12.9 Å². The molecule has 0 aliphatic heterocycles. The molecule has 0 saturated heterocycles. The molecule has 3 heterocycles. The number of carbonyl (C=O) groups excluding carboxylic acids is 7. The average Bonchev–Trinajstić information content (AvgIpc) is 1.66. The number of fused-ring (bicyclic) bond motifs is 3. The topological polar surface area (TPSA) is 372 Å². The van der Waals surface area contributed by atoms with Crippen LogP contribution in [0.15, 0.2) is 336 Å². The van der Waals surface area contributed by atoms with Crippen LogP contribution in [0.1, 0.15) is 163 Å². The molecule has 0 aliphatic carbocycles. The molecule has 11 aromatic carbocycles. The smallest absolute Gasteiger partial charge is 1.00 e. The van der Waals surface area contributed by atoms with Crippen molar-refractivity contribution >= 4 is 101 Å². The van der Waals surface area contributed by atoms with E-state index in [0.717, 1.165) is 84.8 Å². The number of allylic oxidation sites excluding steroid dienone is 3. The maximum Gasteiger partial charge on any atom is 1.00 e. The molecule has 0 aliphatic rings. The number of carboxylic acid groups (broad SMARTS) is 1. The number of benzene rings is 11. The van der Waals surface area contributed by atoms with Gasteiger partial charge in [-0.05, 0) is 178 Å². The van der Waals surface area contributed by atoms with Gasteiger partial charge in [0.15, 0.2) is 25.1 Å². The van der Waals surface area contributed by atoms with Gasteiger partial charge in [0, 0.05) is 43.6 Å². The standard InChI is InChI=1S/C21H20O4.2C17H15FO3.C17H14O3.C14H16O4.C14H12O3.C6H10O.C3H4ClF.CH2O3.CH2O2.4CH4.2K.H2.H/c1-3-23-20(22)12-10-17-9-11-19(18-13-15(2)25-21(17)18)24-14-16-7-5-4-6-8-16;1-13(18)11-21-17-9-16(8-7-15(17)10-19)20-12-14-5-3-2-4-6-14;1-12(18)9-15-16(8-7-14(10-19)17(15)20)21-11-13-5-3-2-4-6-13;1-12-9-15-16(8-7-14(10-18)17(15)20-12)19-11-13-5-3-2-4-6-13;1-3-17-13(16)7-5-10-4-6-12(15)11-8-9(2)18-14(10)11;15-9-12-6-7-13(8-14(12)16)17-10-11-4-2-1-3-5-11;1-4-6(3)7-5-2;1-3(5)2-4;2-1-4-3;2-1-3;;;;;;;;/h4-13H,3,14H2,1-2H3;2-10H,1,11-12H2;2-8,10,20H,1,9,11H2;2-10H,11H2,1H3;4,6,8,15H,3,5,7H2,1-2H3;1-9,16H,10H2;4H,1,3,5H2,2H3;1-2H2;1,3H;1H,(H,2,3);4*1H4;;;1H;/q;;;;;;;;;;;;;;2*+1;;-1/p-1/b12-10+;;;;;;;;;;;;;;;;;. The summed E-state index contributed by atoms with van der Waals surface area (Å²) in [6.45, 7) is 30.0. The Balaban J connectivity index is -0.000000810. The summed E-state index contributed by atoms with van der Waals surface area (Å²) in [6.07, 6.45) is 7.92. The first-order valence-electron chi connectivity index (χ1n) is 43.2. The number of hydrogen-bond acceptors (Lipinski definition) is 25. The number of furan rings is 3. The molecule has 0 bridgehead atoms. The Bertz CT molecular complexity index is 6370. The zero-order chi connectivity index (χ0) is 103. The van der Waals surface area contributed by atoms with E-state index >= 15 is 0 Å². The van der Waals surface area contributed by atoms with Crippen molar-refractivity contribution in [3.05, 3.63) is 407 Å². The number of aldehydes is 4. The molecule has 0 atom stereocenters. The number of aryl methyl sites for hydroxylation is 4. The maximum absolute atomic E-state index is 13.1. The molecule has 147 heavy (non-hydrogen) atoms. The first-order chi connectivity index (χ1) is 68.1. The molecular weight excluding hydrogens is 1970 g/mol. The second kappa shape index (κ2) is 77.8. The summed E-state index contributed by atoms with van der Waals surface area (Å²) in [5, 5.41) is 46.9. The van der Waals surface area contributed by atoms with Crippen LogP contribution >= 0.6 is 11.6 Å². The minimum Gasteiger partial charge on any atom is -1.00 e. The quantitative estimate of drug-likeness (QED) is 0.00326. The van der Waals surface area contributed by atoms with E-state index < -0.39 is 17.5 Å². The first-order valence-corrected chi connectivity index (χ1v) is 43.8. The second-order valence-corrected chi connectivity index (χ2v) is 29.3. The van der Waals surface area contributed by atoms with Crippen molar-refractivity contribution in [2.45, 2.75) is 124 Å². The van der Waals surface area contributed by atoms with Gasteiger partial charge in [0.1, 0.15) is 143 Å². The molecule has 14 aromatic rings. The van der Waals surface area contributed by atoms with Gasteiger partial charge in [-0.15, -0.1) is 11.6 Å². The molecule has 3 aromatic heterocycles. The van der Waals surface area contributed by atoms with Gasteiger partial charge in [0.2, 0.25) is 0 Å². The molecule has 4 N–H and O–H groups in total. The van der Waals surface area contributed by atoms with Crippen LogP contribution in [-0.4, -0.2) is 103 Å². The predicted molar refractivity (Wildman–Crippen MR) is 561 cm³/mol. The van der Waals surface area contributed by atoms with Gasteiger partial charge in [0.05, 0.1) is 69.9 Å². The zero-order valence-electron chi connectivity index (χ0n) is 81.5. The number of phenols is 3. The molecule has 0 radical (unpaired) electrons. The van der Waals surface area contributed by atoms with E-state index in [9.17, 15) is 57.3 Å². The number of esters is 2. The van der Waals surface area contributed by atoms with Crippen LogP contribution < -0.4 is 136 Å². The number of ether oxygens (including phenoxy) is 9. The fraction of sp³-hybridized carbons (Fsp3) is 0.200.